The maximum atomic E-state index is 12.3. The summed E-state index contributed by atoms with van der Waals surface area (Å²) >= 11 is 0. The van der Waals surface area contributed by atoms with E-state index in [1.54, 1.807) is 6.20 Å². The number of nitrogens with zero attached hydrogens (tertiary/aromatic N) is 3. The number of aromatic nitrogens is 2. The lowest BCUT2D eigenvalue weighted by molar-refractivity contribution is -0.0378. The van der Waals surface area contributed by atoms with Gasteiger partial charge in [-0.05, 0) is 27.2 Å². The van der Waals surface area contributed by atoms with Crippen LogP contribution in [0.25, 0.3) is 0 Å². The number of amides is 1. The van der Waals surface area contributed by atoms with Crippen molar-refractivity contribution in [2.24, 2.45) is 0 Å². The maximum Gasteiger partial charge on any atom is 0.257 e. The van der Waals surface area contributed by atoms with Gasteiger partial charge in [0.1, 0.15) is 0 Å². The van der Waals surface area contributed by atoms with E-state index in [2.05, 4.69) is 18.9 Å². The fourth-order valence-corrected chi connectivity index (χ4v) is 2.37. The van der Waals surface area contributed by atoms with E-state index >= 15 is 0 Å². The third kappa shape index (κ3) is 2.66. The van der Waals surface area contributed by atoms with Crippen LogP contribution in [0.4, 0.5) is 0 Å². The number of carbonyl (C=O) groups excluding carboxylic acids is 1. The first kappa shape index (κ1) is 14.1. The van der Waals surface area contributed by atoms with E-state index in [0.29, 0.717) is 25.7 Å². The zero-order chi connectivity index (χ0) is 14.0. The molecule has 0 bridgehead atoms. The molecule has 0 aliphatic carbocycles. The van der Waals surface area contributed by atoms with Crippen LogP contribution in [0.1, 0.15) is 49.3 Å². The molecule has 106 valence electrons. The predicted octanol–water partition coefficient (Wildman–Crippen LogP) is 2.02. The minimum atomic E-state index is 0.0722. The van der Waals surface area contributed by atoms with Gasteiger partial charge >= 0.3 is 0 Å². The summed E-state index contributed by atoms with van der Waals surface area (Å²) in [5.41, 5.74) is 1.68. The molecule has 5 heteroatoms. The van der Waals surface area contributed by atoms with E-state index in [9.17, 15) is 4.79 Å². The molecule has 1 saturated heterocycles. The van der Waals surface area contributed by atoms with Crippen molar-refractivity contribution >= 4 is 5.91 Å². The van der Waals surface area contributed by atoms with E-state index < -0.39 is 0 Å². The Morgan fingerprint density at radius 3 is 2.79 bits per heavy atom. The summed E-state index contributed by atoms with van der Waals surface area (Å²) < 4.78 is 7.41. The van der Waals surface area contributed by atoms with Crippen LogP contribution in [-0.4, -0.2) is 46.4 Å². The molecule has 2 heterocycles. The van der Waals surface area contributed by atoms with Crippen molar-refractivity contribution in [1.82, 2.24) is 14.7 Å². The van der Waals surface area contributed by atoms with Crippen LogP contribution in [0.15, 0.2) is 6.20 Å². The molecule has 0 radical (unpaired) electrons. The number of ether oxygens (including phenoxy) is 1. The van der Waals surface area contributed by atoms with Crippen LogP contribution in [0.5, 0.6) is 0 Å². The lowest BCUT2D eigenvalue weighted by Crippen LogP contribution is -2.54. The quantitative estimate of drug-likeness (QED) is 0.818. The molecule has 1 unspecified atom stereocenters. The zero-order valence-electron chi connectivity index (χ0n) is 12.2. The highest BCUT2D eigenvalue weighted by atomic mass is 16.5. The lowest BCUT2D eigenvalue weighted by Gasteiger charge is -2.38. The summed E-state index contributed by atoms with van der Waals surface area (Å²) in [6.07, 6.45) is 2.91. The number of likely N-dealkylation sites (tertiary alicyclic amines) is 1. The molecule has 1 atom stereocenters. The van der Waals surface area contributed by atoms with Gasteiger partial charge in [-0.3, -0.25) is 9.48 Å². The highest BCUT2D eigenvalue weighted by molar-refractivity contribution is 5.95. The molecular formula is C14H23N3O2. The van der Waals surface area contributed by atoms with E-state index in [0.717, 1.165) is 17.7 Å². The average Bonchev–Trinajstić information content (AvgIpc) is 2.73. The van der Waals surface area contributed by atoms with E-state index in [1.165, 1.54) is 0 Å². The zero-order valence-corrected chi connectivity index (χ0v) is 12.2. The highest BCUT2D eigenvalue weighted by Crippen LogP contribution is 2.20. The molecule has 19 heavy (non-hydrogen) atoms. The summed E-state index contributed by atoms with van der Waals surface area (Å²) in [5.74, 6) is 0.0722. The smallest absolute Gasteiger partial charge is 0.257 e. The van der Waals surface area contributed by atoms with Crippen molar-refractivity contribution in [3.05, 3.63) is 17.5 Å². The second-order valence-corrected chi connectivity index (χ2v) is 5.13. The minimum absolute atomic E-state index is 0.0722. The largest absolute Gasteiger partial charge is 0.375 e. The normalized spacial score (nSPS) is 17.4. The fraction of sp³-hybridized carbons (Fsp3) is 0.714. The van der Waals surface area contributed by atoms with Gasteiger partial charge in [0, 0.05) is 31.4 Å². The minimum Gasteiger partial charge on any atom is -0.375 e. The third-order valence-electron chi connectivity index (χ3n) is 3.82. The summed E-state index contributed by atoms with van der Waals surface area (Å²) in [6.45, 7) is 10.3. The number of rotatable bonds is 5. The Morgan fingerprint density at radius 1 is 1.53 bits per heavy atom. The van der Waals surface area contributed by atoms with Gasteiger partial charge in [0.2, 0.25) is 0 Å². The van der Waals surface area contributed by atoms with Crippen molar-refractivity contribution in [2.75, 3.05) is 19.7 Å². The lowest BCUT2D eigenvalue weighted by atomic mass is 10.1. The summed E-state index contributed by atoms with van der Waals surface area (Å²) in [6, 6.07) is 0.328. The van der Waals surface area contributed by atoms with Gasteiger partial charge in [-0.15, -0.1) is 0 Å². The molecule has 0 spiro atoms. The SMILES string of the molecule is CCOC1CN(C(=O)c2cnn(C(C)CC)c2C)C1. The summed E-state index contributed by atoms with van der Waals surface area (Å²) in [7, 11) is 0. The second-order valence-electron chi connectivity index (χ2n) is 5.13. The third-order valence-corrected chi connectivity index (χ3v) is 3.82. The standard InChI is InChI=1S/C14H23N3O2/c1-5-10(3)17-11(4)13(7-15-17)14(18)16-8-12(9-16)19-6-2/h7,10,12H,5-6,8-9H2,1-4H3. The Labute approximate surface area is 114 Å². The number of hydrogen-bond donors (Lipinski definition) is 0. The van der Waals surface area contributed by atoms with Crippen LogP contribution in [0.2, 0.25) is 0 Å². The molecule has 0 N–H and O–H groups in total. The molecule has 1 amide bonds. The Hall–Kier alpha value is -1.36. The average molecular weight is 265 g/mol. The van der Waals surface area contributed by atoms with Crippen molar-refractivity contribution in [3.63, 3.8) is 0 Å². The predicted molar refractivity (Wildman–Crippen MR) is 73.3 cm³/mol. The summed E-state index contributed by atoms with van der Waals surface area (Å²) in [5, 5.41) is 4.34. The first-order chi connectivity index (χ1) is 9.08. The Bertz CT molecular complexity index is 450. The van der Waals surface area contributed by atoms with Crippen molar-refractivity contribution < 1.29 is 9.53 Å². The van der Waals surface area contributed by atoms with Gasteiger partial charge in [-0.1, -0.05) is 6.92 Å². The molecule has 0 aromatic carbocycles. The first-order valence-corrected chi connectivity index (χ1v) is 7.03. The fourth-order valence-electron chi connectivity index (χ4n) is 2.37. The monoisotopic (exact) mass is 265 g/mol. The number of carbonyl (C=O) groups is 1. The maximum absolute atomic E-state index is 12.3. The molecular weight excluding hydrogens is 242 g/mol. The molecule has 0 saturated carbocycles. The van der Waals surface area contributed by atoms with E-state index in [1.807, 2.05) is 23.4 Å². The van der Waals surface area contributed by atoms with Crippen molar-refractivity contribution in [2.45, 2.75) is 46.3 Å². The van der Waals surface area contributed by atoms with Crippen LogP contribution in [0.3, 0.4) is 0 Å². The van der Waals surface area contributed by atoms with Gasteiger partial charge in [0.25, 0.3) is 5.91 Å². The van der Waals surface area contributed by atoms with Crippen molar-refractivity contribution in [1.29, 1.82) is 0 Å². The first-order valence-electron chi connectivity index (χ1n) is 7.03. The molecule has 1 aliphatic rings. The topological polar surface area (TPSA) is 47.4 Å². The van der Waals surface area contributed by atoms with Gasteiger partial charge in [-0.25, -0.2) is 0 Å². The molecule has 1 aromatic rings. The van der Waals surface area contributed by atoms with Crippen molar-refractivity contribution in [3.8, 4) is 0 Å². The van der Waals surface area contributed by atoms with E-state index in [-0.39, 0.29) is 12.0 Å². The number of hydrogen-bond acceptors (Lipinski definition) is 3. The Balaban J connectivity index is 2.03. The molecule has 1 aromatic heterocycles. The molecule has 2 rings (SSSR count). The molecule has 5 nitrogen and oxygen atoms in total. The van der Waals surface area contributed by atoms with Crippen LogP contribution >= 0.6 is 0 Å². The molecule has 1 fully saturated rings. The summed E-state index contributed by atoms with van der Waals surface area (Å²) in [4.78, 5) is 14.2. The Morgan fingerprint density at radius 2 is 2.21 bits per heavy atom. The molecule has 1 aliphatic heterocycles. The highest BCUT2D eigenvalue weighted by Gasteiger charge is 2.33. The van der Waals surface area contributed by atoms with Gasteiger partial charge < -0.3 is 9.64 Å². The second kappa shape index (κ2) is 5.74. The Kier molecular flexibility index (Phi) is 4.24. The van der Waals surface area contributed by atoms with Crippen LogP contribution in [0, 0.1) is 6.92 Å². The van der Waals surface area contributed by atoms with E-state index in [4.69, 9.17) is 4.74 Å². The van der Waals surface area contributed by atoms with Gasteiger partial charge in [0.05, 0.1) is 17.9 Å². The van der Waals surface area contributed by atoms with Gasteiger partial charge in [0.15, 0.2) is 0 Å². The van der Waals surface area contributed by atoms with Crippen LogP contribution < -0.4 is 0 Å². The van der Waals surface area contributed by atoms with Crippen LogP contribution in [-0.2, 0) is 4.74 Å². The van der Waals surface area contributed by atoms with Gasteiger partial charge in [-0.2, -0.15) is 5.10 Å².